The number of halogens is 2. The van der Waals surface area contributed by atoms with E-state index in [1.807, 2.05) is 0 Å². The molecule has 0 bridgehead atoms. The number of anilines is 1. The Morgan fingerprint density at radius 2 is 2.17 bits per heavy atom. The fourth-order valence-corrected chi connectivity index (χ4v) is 3.95. The van der Waals surface area contributed by atoms with Crippen LogP contribution in [0.3, 0.4) is 0 Å². The largest absolute Gasteiger partial charge is 0.398 e. The van der Waals surface area contributed by atoms with Crippen LogP contribution in [-0.2, 0) is 10.0 Å². The lowest BCUT2D eigenvalue weighted by molar-refractivity contribution is 0.189. The maximum Gasteiger partial charge on any atom is 0.245 e. The average molecular weight is 339 g/mol. The van der Waals surface area contributed by atoms with Crippen molar-refractivity contribution < 1.29 is 17.9 Å². The number of benzene rings is 1. The molecule has 1 heterocycles. The minimum atomic E-state index is -3.79. The Hall–Kier alpha value is -0.700. The van der Waals surface area contributed by atoms with Crippen molar-refractivity contribution in [2.24, 2.45) is 0 Å². The van der Waals surface area contributed by atoms with Gasteiger partial charge in [0.15, 0.2) is 0 Å². The zero-order valence-electron chi connectivity index (χ0n) is 9.31. The molecule has 8 heteroatoms. The normalized spacial score (nSPS) is 21.4. The number of sulfonamides is 1. The average Bonchev–Trinajstić information content (AvgIpc) is 2.70. The van der Waals surface area contributed by atoms with Gasteiger partial charge in [-0.2, -0.15) is 4.31 Å². The summed E-state index contributed by atoms with van der Waals surface area (Å²) in [5.74, 6) is -0.618. The first-order valence-electron chi connectivity index (χ1n) is 5.25. The standard InChI is InChI=1S/C10H12BrFN2O3S/c11-7-3-10(9(13)4-8(7)12)18(16,17)14-2-1-6(15)5-14/h3-4,6,15H,1-2,5,13H2/t6-/m0/s1. The molecule has 1 atom stereocenters. The molecule has 3 N–H and O–H groups in total. The molecular formula is C10H12BrFN2O3S. The Labute approximate surface area is 113 Å². The summed E-state index contributed by atoms with van der Waals surface area (Å²) in [5, 5.41) is 9.37. The summed E-state index contributed by atoms with van der Waals surface area (Å²) >= 11 is 2.93. The Bertz CT molecular complexity index is 579. The number of aliphatic hydroxyl groups excluding tert-OH is 1. The van der Waals surface area contributed by atoms with E-state index in [4.69, 9.17) is 5.73 Å². The van der Waals surface area contributed by atoms with Crippen LogP contribution in [0.25, 0.3) is 0 Å². The van der Waals surface area contributed by atoms with Crippen molar-refractivity contribution in [3.63, 3.8) is 0 Å². The number of aliphatic hydroxyl groups is 1. The SMILES string of the molecule is Nc1cc(F)c(Br)cc1S(=O)(=O)N1CC[C@H](O)C1. The van der Waals surface area contributed by atoms with Gasteiger partial charge in [-0.1, -0.05) is 0 Å². The van der Waals surface area contributed by atoms with Crippen LogP contribution in [0.15, 0.2) is 21.5 Å². The molecule has 0 aromatic heterocycles. The van der Waals surface area contributed by atoms with Crippen molar-refractivity contribution in [1.29, 1.82) is 0 Å². The summed E-state index contributed by atoms with van der Waals surface area (Å²) in [6, 6.07) is 2.11. The lowest BCUT2D eigenvalue weighted by Gasteiger charge is -2.17. The van der Waals surface area contributed by atoms with E-state index in [9.17, 15) is 17.9 Å². The molecule has 18 heavy (non-hydrogen) atoms. The van der Waals surface area contributed by atoms with Gasteiger partial charge in [0, 0.05) is 13.1 Å². The molecule has 0 radical (unpaired) electrons. The maximum atomic E-state index is 13.2. The van der Waals surface area contributed by atoms with E-state index in [-0.39, 0.29) is 28.1 Å². The van der Waals surface area contributed by atoms with Crippen molar-refractivity contribution in [2.45, 2.75) is 17.4 Å². The number of nitrogens with zero attached hydrogens (tertiary/aromatic N) is 1. The van der Waals surface area contributed by atoms with E-state index in [0.29, 0.717) is 6.42 Å². The molecule has 0 unspecified atom stereocenters. The van der Waals surface area contributed by atoms with Crippen molar-refractivity contribution in [1.82, 2.24) is 4.31 Å². The van der Waals surface area contributed by atoms with Gasteiger partial charge in [-0.05, 0) is 34.5 Å². The molecule has 1 aliphatic rings. The fourth-order valence-electron chi connectivity index (χ4n) is 1.84. The van der Waals surface area contributed by atoms with Gasteiger partial charge in [-0.15, -0.1) is 0 Å². The predicted octanol–water partition coefficient (Wildman–Crippen LogP) is 0.926. The third-order valence-corrected chi connectivity index (χ3v) is 5.33. The van der Waals surface area contributed by atoms with Gasteiger partial charge >= 0.3 is 0 Å². The summed E-state index contributed by atoms with van der Waals surface area (Å²) in [6.45, 7) is 0.273. The molecule has 1 aromatic carbocycles. The smallest absolute Gasteiger partial charge is 0.245 e. The fraction of sp³-hybridized carbons (Fsp3) is 0.400. The van der Waals surface area contributed by atoms with Crippen LogP contribution < -0.4 is 5.73 Å². The van der Waals surface area contributed by atoms with Gasteiger partial charge in [-0.25, -0.2) is 12.8 Å². The third-order valence-electron chi connectivity index (χ3n) is 2.80. The van der Waals surface area contributed by atoms with Crippen LogP contribution in [0.4, 0.5) is 10.1 Å². The van der Waals surface area contributed by atoms with E-state index < -0.39 is 21.9 Å². The molecular weight excluding hydrogens is 327 g/mol. The molecule has 1 fully saturated rings. The van der Waals surface area contributed by atoms with E-state index in [1.54, 1.807) is 0 Å². The molecule has 2 rings (SSSR count). The molecule has 100 valence electrons. The summed E-state index contributed by atoms with van der Waals surface area (Å²) in [4.78, 5) is -0.148. The van der Waals surface area contributed by atoms with Gasteiger partial charge in [-0.3, -0.25) is 0 Å². The summed E-state index contributed by atoms with van der Waals surface area (Å²) in [5.41, 5.74) is 5.41. The minimum Gasteiger partial charge on any atom is -0.398 e. The number of β-amino-alcohol motifs (C(OH)–C–C–N with tert-alkyl or cyclic N) is 1. The number of rotatable bonds is 2. The van der Waals surface area contributed by atoms with E-state index in [2.05, 4.69) is 15.9 Å². The van der Waals surface area contributed by atoms with Crippen LogP contribution in [0.5, 0.6) is 0 Å². The lowest BCUT2D eigenvalue weighted by Crippen LogP contribution is -2.30. The zero-order valence-corrected chi connectivity index (χ0v) is 11.7. The highest BCUT2D eigenvalue weighted by Crippen LogP contribution is 2.30. The quantitative estimate of drug-likeness (QED) is 0.785. The predicted molar refractivity (Wildman–Crippen MR) is 67.9 cm³/mol. The first-order chi connectivity index (χ1) is 8.32. The second kappa shape index (κ2) is 4.76. The molecule has 1 saturated heterocycles. The Kier molecular flexibility index (Phi) is 3.63. The molecule has 5 nitrogen and oxygen atoms in total. The summed E-state index contributed by atoms with van der Waals surface area (Å²) < 4.78 is 38.9. The summed E-state index contributed by atoms with van der Waals surface area (Å²) in [6.07, 6.45) is -0.272. The number of hydrogen-bond acceptors (Lipinski definition) is 4. The molecule has 1 aliphatic heterocycles. The molecule has 0 saturated carbocycles. The Morgan fingerprint density at radius 1 is 1.50 bits per heavy atom. The van der Waals surface area contributed by atoms with Gasteiger partial charge in [0.2, 0.25) is 10.0 Å². The van der Waals surface area contributed by atoms with E-state index in [0.717, 1.165) is 16.4 Å². The van der Waals surface area contributed by atoms with Crippen molar-refractivity contribution >= 4 is 31.6 Å². The van der Waals surface area contributed by atoms with Crippen molar-refractivity contribution in [3.8, 4) is 0 Å². The summed E-state index contributed by atoms with van der Waals surface area (Å²) in [7, 11) is -3.79. The maximum absolute atomic E-state index is 13.2. The van der Waals surface area contributed by atoms with Crippen molar-refractivity contribution in [2.75, 3.05) is 18.8 Å². The second-order valence-electron chi connectivity index (χ2n) is 4.11. The zero-order chi connectivity index (χ0) is 13.5. The van der Waals surface area contributed by atoms with Crippen LogP contribution in [0.2, 0.25) is 0 Å². The molecule has 0 aliphatic carbocycles. The highest BCUT2D eigenvalue weighted by Gasteiger charge is 2.33. The van der Waals surface area contributed by atoms with Crippen LogP contribution >= 0.6 is 15.9 Å². The van der Waals surface area contributed by atoms with Gasteiger partial charge in [0.25, 0.3) is 0 Å². The molecule has 1 aromatic rings. The minimum absolute atomic E-state index is 0.0371. The molecule has 0 amide bonds. The Balaban J connectivity index is 2.45. The first-order valence-corrected chi connectivity index (χ1v) is 7.48. The first kappa shape index (κ1) is 13.7. The Morgan fingerprint density at radius 3 is 2.72 bits per heavy atom. The topological polar surface area (TPSA) is 83.6 Å². The monoisotopic (exact) mass is 338 g/mol. The number of hydrogen-bond donors (Lipinski definition) is 2. The number of nitrogens with two attached hydrogens (primary N) is 1. The van der Waals surface area contributed by atoms with E-state index in [1.165, 1.54) is 0 Å². The van der Waals surface area contributed by atoms with Crippen LogP contribution in [-0.4, -0.2) is 37.0 Å². The van der Waals surface area contributed by atoms with Gasteiger partial charge in [0.05, 0.1) is 16.3 Å². The number of nitrogen functional groups attached to an aromatic ring is 1. The highest BCUT2D eigenvalue weighted by atomic mass is 79.9. The lowest BCUT2D eigenvalue weighted by atomic mass is 10.3. The third kappa shape index (κ3) is 2.37. The van der Waals surface area contributed by atoms with Crippen LogP contribution in [0.1, 0.15) is 6.42 Å². The van der Waals surface area contributed by atoms with Gasteiger partial charge < -0.3 is 10.8 Å². The van der Waals surface area contributed by atoms with Crippen molar-refractivity contribution in [3.05, 3.63) is 22.4 Å². The van der Waals surface area contributed by atoms with E-state index >= 15 is 0 Å². The molecule has 0 spiro atoms. The van der Waals surface area contributed by atoms with Gasteiger partial charge in [0.1, 0.15) is 10.7 Å². The van der Waals surface area contributed by atoms with Crippen LogP contribution in [0, 0.1) is 5.82 Å². The second-order valence-corrected chi connectivity index (χ2v) is 6.87. The highest BCUT2D eigenvalue weighted by molar-refractivity contribution is 9.10.